The summed E-state index contributed by atoms with van der Waals surface area (Å²) >= 11 is 0. The molecule has 1 aliphatic heterocycles. The molecule has 2 aromatic rings. The Kier molecular flexibility index (Phi) is 6.30. The Hall–Kier alpha value is -3.02. The zero-order chi connectivity index (χ0) is 19.1. The van der Waals surface area contributed by atoms with E-state index in [1.54, 1.807) is 16.7 Å². The van der Waals surface area contributed by atoms with Crippen molar-refractivity contribution in [3.8, 4) is 5.75 Å². The van der Waals surface area contributed by atoms with Crippen molar-refractivity contribution < 1.29 is 14.3 Å². The van der Waals surface area contributed by atoms with Gasteiger partial charge in [-0.2, -0.15) is 0 Å². The molecule has 1 fully saturated rings. The SMILES string of the molecule is CC(=O)N1CCCN(C(=O)Nc2ccc(OCc3ccccc3)cc2)CC1. The number of urea groups is 1. The van der Waals surface area contributed by atoms with E-state index in [1.807, 2.05) is 54.6 Å². The van der Waals surface area contributed by atoms with Crippen LogP contribution in [-0.2, 0) is 11.4 Å². The summed E-state index contributed by atoms with van der Waals surface area (Å²) < 4.78 is 5.76. The van der Waals surface area contributed by atoms with Crippen LogP contribution in [0.5, 0.6) is 5.75 Å². The molecule has 3 amide bonds. The minimum absolute atomic E-state index is 0.0587. The number of benzene rings is 2. The molecule has 1 saturated heterocycles. The first-order chi connectivity index (χ1) is 13.1. The third-order valence-electron chi connectivity index (χ3n) is 4.58. The molecule has 2 aromatic carbocycles. The topological polar surface area (TPSA) is 61.9 Å². The first-order valence-electron chi connectivity index (χ1n) is 9.20. The second-order valence-electron chi connectivity index (χ2n) is 6.58. The third kappa shape index (κ3) is 5.48. The average Bonchev–Trinajstić information content (AvgIpc) is 2.95. The molecule has 0 atom stereocenters. The molecular formula is C21H25N3O3. The molecule has 142 valence electrons. The van der Waals surface area contributed by atoms with Gasteiger partial charge in [0.15, 0.2) is 0 Å². The fourth-order valence-corrected chi connectivity index (χ4v) is 3.01. The summed E-state index contributed by atoms with van der Waals surface area (Å²) in [6, 6.07) is 17.2. The largest absolute Gasteiger partial charge is 0.489 e. The van der Waals surface area contributed by atoms with Crippen molar-refractivity contribution in [2.24, 2.45) is 0 Å². The highest BCUT2D eigenvalue weighted by Crippen LogP contribution is 2.18. The molecule has 0 aliphatic carbocycles. The number of nitrogens with one attached hydrogen (secondary N) is 1. The molecule has 1 heterocycles. The Morgan fingerprint density at radius 2 is 1.59 bits per heavy atom. The summed E-state index contributed by atoms with van der Waals surface area (Å²) in [6.07, 6.45) is 0.791. The lowest BCUT2D eigenvalue weighted by Gasteiger charge is -2.21. The van der Waals surface area contributed by atoms with Crippen LogP contribution in [0.25, 0.3) is 0 Å². The first kappa shape index (κ1) is 18.8. The highest BCUT2D eigenvalue weighted by Gasteiger charge is 2.20. The minimum Gasteiger partial charge on any atom is -0.489 e. The lowest BCUT2D eigenvalue weighted by Crippen LogP contribution is -2.38. The molecule has 0 radical (unpaired) electrons. The van der Waals surface area contributed by atoms with Crippen LogP contribution < -0.4 is 10.1 Å². The Morgan fingerprint density at radius 3 is 2.30 bits per heavy atom. The first-order valence-corrected chi connectivity index (χ1v) is 9.20. The summed E-state index contributed by atoms with van der Waals surface area (Å²) in [5, 5.41) is 2.91. The molecule has 0 spiro atoms. The van der Waals surface area contributed by atoms with E-state index in [4.69, 9.17) is 4.74 Å². The van der Waals surface area contributed by atoms with Gasteiger partial charge in [0.1, 0.15) is 12.4 Å². The number of hydrogen-bond donors (Lipinski definition) is 1. The van der Waals surface area contributed by atoms with Crippen LogP contribution in [-0.4, -0.2) is 47.9 Å². The molecule has 27 heavy (non-hydrogen) atoms. The Morgan fingerprint density at radius 1 is 0.926 bits per heavy atom. The van der Waals surface area contributed by atoms with Crippen LogP contribution >= 0.6 is 0 Å². The second kappa shape index (κ2) is 9.07. The van der Waals surface area contributed by atoms with Gasteiger partial charge in [0.25, 0.3) is 0 Å². The molecule has 6 nitrogen and oxygen atoms in total. The van der Waals surface area contributed by atoms with Crippen molar-refractivity contribution in [2.75, 3.05) is 31.5 Å². The zero-order valence-corrected chi connectivity index (χ0v) is 15.6. The number of anilines is 1. The second-order valence-corrected chi connectivity index (χ2v) is 6.58. The fraction of sp³-hybridized carbons (Fsp3) is 0.333. The van der Waals surface area contributed by atoms with Gasteiger partial charge in [-0.15, -0.1) is 0 Å². The van der Waals surface area contributed by atoms with Crippen molar-refractivity contribution >= 4 is 17.6 Å². The normalized spacial score (nSPS) is 14.4. The fourth-order valence-electron chi connectivity index (χ4n) is 3.01. The van der Waals surface area contributed by atoms with Gasteiger partial charge >= 0.3 is 6.03 Å². The van der Waals surface area contributed by atoms with E-state index in [0.29, 0.717) is 32.8 Å². The standard InChI is InChI=1S/C21H25N3O3/c1-17(25)23-12-5-13-24(15-14-23)21(26)22-19-8-10-20(11-9-19)27-16-18-6-3-2-4-7-18/h2-4,6-11H,5,12-16H2,1H3,(H,22,26). The molecule has 6 heteroatoms. The quantitative estimate of drug-likeness (QED) is 0.901. The van der Waals surface area contributed by atoms with E-state index in [2.05, 4.69) is 5.32 Å². The molecule has 1 N–H and O–H groups in total. The maximum absolute atomic E-state index is 12.5. The van der Waals surface area contributed by atoms with Crippen LogP contribution in [0.2, 0.25) is 0 Å². The maximum atomic E-state index is 12.5. The molecule has 1 aliphatic rings. The van der Waals surface area contributed by atoms with Crippen LogP contribution in [0.3, 0.4) is 0 Å². The minimum atomic E-state index is -0.140. The number of nitrogens with zero attached hydrogens (tertiary/aromatic N) is 2. The number of hydrogen-bond acceptors (Lipinski definition) is 3. The van der Waals surface area contributed by atoms with Gasteiger partial charge in [0.05, 0.1) is 0 Å². The van der Waals surface area contributed by atoms with Gasteiger partial charge in [-0.1, -0.05) is 30.3 Å². The van der Waals surface area contributed by atoms with E-state index >= 15 is 0 Å². The van der Waals surface area contributed by atoms with Gasteiger partial charge in [0.2, 0.25) is 5.91 Å². The number of rotatable bonds is 4. The van der Waals surface area contributed by atoms with E-state index in [0.717, 1.165) is 23.4 Å². The van der Waals surface area contributed by atoms with Gasteiger partial charge in [0, 0.05) is 38.8 Å². The predicted molar refractivity (Wildman–Crippen MR) is 105 cm³/mol. The van der Waals surface area contributed by atoms with Crippen molar-refractivity contribution in [1.29, 1.82) is 0 Å². The van der Waals surface area contributed by atoms with Crippen molar-refractivity contribution in [1.82, 2.24) is 9.80 Å². The van der Waals surface area contributed by atoms with Crippen LogP contribution in [0.4, 0.5) is 10.5 Å². The number of carbonyl (C=O) groups excluding carboxylic acids is 2. The predicted octanol–water partition coefficient (Wildman–Crippen LogP) is 3.35. The van der Waals surface area contributed by atoms with Crippen molar-refractivity contribution in [3.63, 3.8) is 0 Å². The smallest absolute Gasteiger partial charge is 0.321 e. The molecular weight excluding hydrogens is 342 g/mol. The van der Waals surface area contributed by atoms with E-state index in [-0.39, 0.29) is 11.9 Å². The van der Waals surface area contributed by atoms with E-state index in [9.17, 15) is 9.59 Å². The van der Waals surface area contributed by atoms with E-state index in [1.165, 1.54) is 0 Å². The highest BCUT2D eigenvalue weighted by molar-refractivity contribution is 5.89. The van der Waals surface area contributed by atoms with E-state index < -0.39 is 0 Å². The Labute approximate surface area is 159 Å². The lowest BCUT2D eigenvalue weighted by atomic mass is 10.2. The van der Waals surface area contributed by atoms with Crippen LogP contribution in [0.1, 0.15) is 18.9 Å². The zero-order valence-electron chi connectivity index (χ0n) is 15.6. The number of carbonyl (C=O) groups is 2. The summed E-state index contributed by atoms with van der Waals surface area (Å²) in [5.41, 5.74) is 1.83. The summed E-state index contributed by atoms with van der Waals surface area (Å²) in [5.74, 6) is 0.812. The molecule has 0 saturated carbocycles. The molecule has 0 bridgehead atoms. The van der Waals surface area contributed by atoms with Crippen molar-refractivity contribution in [3.05, 3.63) is 60.2 Å². The summed E-state index contributed by atoms with van der Waals surface area (Å²) in [6.45, 7) is 4.54. The lowest BCUT2D eigenvalue weighted by molar-refractivity contribution is -0.128. The van der Waals surface area contributed by atoms with Gasteiger partial charge in [-0.3, -0.25) is 4.79 Å². The number of amides is 3. The average molecular weight is 367 g/mol. The maximum Gasteiger partial charge on any atom is 0.321 e. The number of ether oxygens (including phenoxy) is 1. The van der Waals surface area contributed by atoms with Gasteiger partial charge in [-0.05, 0) is 36.2 Å². The summed E-state index contributed by atoms with van der Waals surface area (Å²) in [7, 11) is 0. The Bertz CT molecular complexity index is 762. The van der Waals surface area contributed by atoms with Crippen molar-refractivity contribution in [2.45, 2.75) is 20.0 Å². The monoisotopic (exact) mass is 367 g/mol. The Balaban J connectivity index is 1.50. The van der Waals surface area contributed by atoms with Gasteiger partial charge < -0.3 is 19.9 Å². The third-order valence-corrected chi connectivity index (χ3v) is 4.58. The molecule has 0 aromatic heterocycles. The summed E-state index contributed by atoms with van der Waals surface area (Å²) in [4.78, 5) is 27.5. The molecule has 3 rings (SSSR count). The highest BCUT2D eigenvalue weighted by atomic mass is 16.5. The van der Waals surface area contributed by atoms with Crippen LogP contribution in [0, 0.1) is 0 Å². The van der Waals surface area contributed by atoms with Gasteiger partial charge in [-0.25, -0.2) is 4.79 Å². The molecule has 0 unspecified atom stereocenters. The van der Waals surface area contributed by atoms with Crippen LogP contribution in [0.15, 0.2) is 54.6 Å².